The topological polar surface area (TPSA) is 76.0 Å². The number of ketones is 1. The van der Waals surface area contributed by atoms with E-state index in [1.807, 2.05) is 6.07 Å². The summed E-state index contributed by atoms with van der Waals surface area (Å²) < 4.78 is 5.57. The van der Waals surface area contributed by atoms with Gasteiger partial charge in [0.05, 0.1) is 12.0 Å². The second-order valence-electron chi connectivity index (χ2n) is 5.90. The number of carbonyl (C=O) groups excluding carboxylic acids is 1. The van der Waals surface area contributed by atoms with Crippen molar-refractivity contribution in [3.05, 3.63) is 98.6 Å². The van der Waals surface area contributed by atoms with Crippen LogP contribution in [0.1, 0.15) is 27.2 Å². The number of fused-ring (bicyclic) bond motifs is 1. The lowest BCUT2D eigenvalue weighted by atomic mass is 9.97. The van der Waals surface area contributed by atoms with Gasteiger partial charge in [0.15, 0.2) is 5.78 Å². The maximum atomic E-state index is 12.8. The maximum Gasteiger partial charge on any atom is 0.264 e. The highest BCUT2D eigenvalue weighted by Crippen LogP contribution is 2.26. The van der Waals surface area contributed by atoms with E-state index in [0.717, 1.165) is 10.9 Å². The Kier molecular flexibility index (Phi) is 4.14. The van der Waals surface area contributed by atoms with Crippen LogP contribution >= 0.6 is 11.6 Å². The summed E-state index contributed by atoms with van der Waals surface area (Å²) >= 11 is 5.90. The minimum absolute atomic E-state index is 0.0968. The number of furan rings is 1. The molecule has 0 aliphatic carbocycles. The highest BCUT2D eigenvalue weighted by atomic mass is 35.5. The van der Waals surface area contributed by atoms with Crippen LogP contribution in [0, 0.1) is 0 Å². The number of aromatic nitrogens is 2. The lowest BCUT2D eigenvalue weighted by molar-refractivity contribution is 0.103. The first kappa shape index (κ1) is 16.3. The van der Waals surface area contributed by atoms with Crippen molar-refractivity contribution in [1.29, 1.82) is 0 Å². The van der Waals surface area contributed by atoms with Gasteiger partial charge < -0.3 is 4.42 Å². The molecule has 2 aromatic heterocycles. The van der Waals surface area contributed by atoms with Crippen molar-refractivity contribution in [1.82, 2.24) is 10.2 Å². The van der Waals surface area contributed by atoms with E-state index in [4.69, 9.17) is 16.0 Å². The maximum absolute atomic E-state index is 12.8. The number of nitrogens with zero attached hydrogens (tertiary/aromatic N) is 1. The van der Waals surface area contributed by atoms with Gasteiger partial charge in [0, 0.05) is 39.6 Å². The van der Waals surface area contributed by atoms with E-state index in [0.29, 0.717) is 33.8 Å². The van der Waals surface area contributed by atoms with E-state index in [-0.39, 0.29) is 11.3 Å². The summed E-state index contributed by atoms with van der Waals surface area (Å²) in [5, 5.41) is 7.86. The minimum atomic E-state index is -0.261. The number of H-pyrrole nitrogens is 1. The average molecular weight is 365 g/mol. The number of hydrogen-bond acceptors (Lipinski definition) is 4. The molecule has 0 radical (unpaired) electrons. The summed E-state index contributed by atoms with van der Waals surface area (Å²) in [5.74, 6) is -0.0968. The number of carbonyl (C=O) groups is 1. The van der Waals surface area contributed by atoms with E-state index in [9.17, 15) is 9.59 Å². The first-order valence-electron chi connectivity index (χ1n) is 7.95. The first-order chi connectivity index (χ1) is 12.6. The Bertz CT molecular complexity index is 1140. The molecule has 0 saturated carbocycles. The van der Waals surface area contributed by atoms with Gasteiger partial charge >= 0.3 is 0 Å². The third-order valence-corrected chi connectivity index (χ3v) is 4.36. The number of halogens is 1. The SMILES string of the molecule is O=C(c1ccc(Cl)cc1)c1cc(Cc2ccc(=O)[nH]n2)c2occc2c1. The Labute approximate surface area is 153 Å². The fraction of sp³-hybridized carbons (Fsp3) is 0.0500. The van der Waals surface area contributed by atoms with Crippen LogP contribution < -0.4 is 5.56 Å². The number of nitrogens with one attached hydrogen (secondary N) is 1. The van der Waals surface area contributed by atoms with Gasteiger partial charge in [-0.05, 0) is 48.5 Å². The third kappa shape index (κ3) is 3.17. The van der Waals surface area contributed by atoms with Crippen molar-refractivity contribution in [3.63, 3.8) is 0 Å². The molecule has 0 unspecified atom stereocenters. The molecular weight excluding hydrogens is 352 g/mol. The van der Waals surface area contributed by atoms with Gasteiger partial charge in [-0.3, -0.25) is 9.59 Å². The van der Waals surface area contributed by atoms with Gasteiger partial charge in [-0.1, -0.05) is 11.6 Å². The molecule has 0 aliphatic rings. The zero-order chi connectivity index (χ0) is 18.1. The molecule has 26 heavy (non-hydrogen) atoms. The summed E-state index contributed by atoms with van der Waals surface area (Å²) in [6.07, 6.45) is 2.02. The summed E-state index contributed by atoms with van der Waals surface area (Å²) in [7, 11) is 0. The highest BCUT2D eigenvalue weighted by molar-refractivity contribution is 6.30. The van der Waals surface area contributed by atoms with Gasteiger partial charge in [-0.25, -0.2) is 5.10 Å². The van der Waals surface area contributed by atoms with Crippen molar-refractivity contribution in [2.75, 3.05) is 0 Å². The van der Waals surface area contributed by atoms with Crippen LogP contribution in [0.15, 0.2) is 70.1 Å². The Morgan fingerprint density at radius 3 is 2.58 bits per heavy atom. The highest BCUT2D eigenvalue weighted by Gasteiger charge is 2.15. The van der Waals surface area contributed by atoms with Crippen molar-refractivity contribution < 1.29 is 9.21 Å². The van der Waals surface area contributed by atoms with E-state index in [2.05, 4.69) is 10.2 Å². The fourth-order valence-electron chi connectivity index (χ4n) is 2.85. The van der Waals surface area contributed by atoms with Gasteiger partial charge in [0.1, 0.15) is 5.58 Å². The molecule has 0 spiro atoms. The molecule has 6 heteroatoms. The van der Waals surface area contributed by atoms with Gasteiger partial charge in [0.25, 0.3) is 5.56 Å². The van der Waals surface area contributed by atoms with Crippen LogP contribution in [0.5, 0.6) is 0 Å². The second-order valence-corrected chi connectivity index (χ2v) is 6.34. The second kappa shape index (κ2) is 6.61. The Hall–Kier alpha value is -3.18. The van der Waals surface area contributed by atoms with Crippen LogP contribution in [0.2, 0.25) is 5.02 Å². The Balaban J connectivity index is 1.76. The third-order valence-electron chi connectivity index (χ3n) is 4.11. The quantitative estimate of drug-likeness (QED) is 0.555. The van der Waals surface area contributed by atoms with Crippen LogP contribution in [0.4, 0.5) is 0 Å². The first-order valence-corrected chi connectivity index (χ1v) is 8.33. The van der Waals surface area contributed by atoms with Crippen molar-refractivity contribution in [2.45, 2.75) is 6.42 Å². The van der Waals surface area contributed by atoms with Crippen molar-refractivity contribution >= 4 is 28.4 Å². The molecule has 0 aliphatic heterocycles. The Morgan fingerprint density at radius 2 is 1.85 bits per heavy atom. The molecule has 5 nitrogen and oxygen atoms in total. The van der Waals surface area contributed by atoms with E-state index in [1.54, 1.807) is 48.7 Å². The van der Waals surface area contributed by atoms with Crippen LogP contribution in [-0.2, 0) is 6.42 Å². The number of benzene rings is 2. The van der Waals surface area contributed by atoms with Crippen molar-refractivity contribution in [3.8, 4) is 0 Å². The molecule has 0 amide bonds. The predicted octanol–water partition coefficient (Wildman–Crippen LogP) is 3.99. The monoisotopic (exact) mass is 364 g/mol. The molecular formula is C20H13ClN2O3. The van der Waals surface area contributed by atoms with E-state index in [1.165, 1.54) is 6.07 Å². The largest absolute Gasteiger partial charge is 0.464 e. The molecule has 128 valence electrons. The van der Waals surface area contributed by atoms with Crippen LogP contribution in [-0.4, -0.2) is 16.0 Å². The normalized spacial score (nSPS) is 11.0. The predicted molar refractivity (Wildman–Crippen MR) is 98.8 cm³/mol. The summed E-state index contributed by atoms with van der Waals surface area (Å²) in [6, 6.07) is 15.3. The fourth-order valence-corrected chi connectivity index (χ4v) is 2.98. The summed E-state index contributed by atoms with van der Waals surface area (Å²) in [5.41, 5.74) is 3.06. The number of rotatable bonds is 4. The molecule has 0 atom stereocenters. The average Bonchev–Trinajstić information content (AvgIpc) is 3.12. The van der Waals surface area contributed by atoms with E-state index < -0.39 is 0 Å². The molecule has 0 bridgehead atoms. The number of hydrogen-bond donors (Lipinski definition) is 1. The minimum Gasteiger partial charge on any atom is -0.464 e. The summed E-state index contributed by atoms with van der Waals surface area (Å²) in [6.45, 7) is 0. The van der Waals surface area contributed by atoms with Crippen LogP contribution in [0.3, 0.4) is 0 Å². The Morgan fingerprint density at radius 1 is 1.04 bits per heavy atom. The molecule has 4 aromatic rings. The molecule has 2 heterocycles. The molecule has 0 fully saturated rings. The van der Waals surface area contributed by atoms with Crippen LogP contribution in [0.25, 0.3) is 11.0 Å². The zero-order valence-corrected chi connectivity index (χ0v) is 14.3. The molecule has 1 N–H and O–H groups in total. The molecule has 4 rings (SSSR count). The van der Waals surface area contributed by atoms with Gasteiger partial charge in [0.2, 0.25) is 0 Å². The van der Waals surface area contributed by atoms with E-state index >= 15 is 0 Å². The summed E-state index contributed by atoms with van der Waals surface area (Å²) in [4.78, 5) is 24.0. The molecule has 0 saturated heterocycles. The zero-order valence-electron chi connectivity index (χ0n) is 13.5. The lowest BCUT2D eigenvalue weighted by Gasteiger charge is -2.07. The van der Waals surface area contributed by atoms with Gasteiger partial charge in [-0.2, -0.15) is 5.10 Å². The lowest BCUT2D eigenvalue weighted by Crippen LogP contribution is -2.08. The standard InChI is InChI=1S/C20H13ClN2O3/c21-16-3-1-12(2-4-16)19(25)14-9-13-7-8-26-20(13)15(10-14)11-17-5-6-18(24)23-22-17/h1-10H,11H2,(H,23,24). The molecule has 2 aromatic carbocycles. The van der Waals surface area contributed by atoms with Gasteiger partial charge in [-0.15, -0.1) is 0 Å². The number of aromatic amines is 1. The smallest absolute Gasteiger partial charge is 0.264 e. The van der Waals surface area contributed by atoms with Crippen molar-refractivity contribution in [2.24, 2.45) is 0 Å².